The number of carbonyl (C=O) groups is 8. The maximum atomic E-state index is 13.4. The summed E-state index contributed by atoms with van der Waals surface area (Å²) in [6.45, 7) is 12.8. The molecule has 3 amide bonds. The number of Topliss-reactive ketones (excluding diaryl/α,β-unsaturated/α-hetero) is 2. The van der Waals surface area contributed by atoms with Gasteiger partial charge in [0, 0.05) is 126 Å². The molecule has 6 aromatic rings. The first kappa shape index (κ1) is 75.2. The Morgan fingerprint density at radius 3 is 1.33 bits per heavy atom. The van der Waals surface area contributed by atoms with Crippen LogP contribution in [0.5, 0.6) is 0 Å². The molecular weight excluding hydrogens is 1240 g/mol. The van der Waals surface area contributed by atoms with Crippen LogP contribution >= 0.6 is 0 Å². The van der Waals surface area contributed by atoms with E-state index in [2.05, 4.69) is 50.4 Å². The number of methoxy groups -OCH3 is 1. The number of nitrogens with one attached hydrogen (secondary N) is 5. The molecule has 0 unspecified atom stereocenters. The molecule has 2 aliphatic heterocycles. The van der Waals surface area contributed by atoms with E-state index in [1.54, 1.807) is 52.0 Å². The second-order valence-electron chi connectivity index (χ2n) is 23.4. The van der Waals surface area contributed by atoms with Crippen molar-refractivity contribution in [2.45, 2.75) is 156 Å². The first-order chi connectivity index (χ1) is 45.6. The Balaban J connectivity index is 0.000000238. The largest absolute Gasteiger partial charge is 0.481 e. The third-order valence-electron chi connectivity index (χ3n) is 16.8. The summed E-state index contributed by atoms with van der Waals surface area (Å²) >= 11 is 0. The molecule has 2 saturated heterocycles. The van der Waals surface area contributed by atoms with Crippen LogP contribution in [-0.4, -0.2) is 171 Å². The van der Waals surface area contributed by atoms with Crippen LogP contribution in [0, 0.1) is 13.8 Å². The van der Waals surface area contributed by atoms with Gasteiger partial charge in [-0.3, -0.25) is 67.5 Å². The van der Waals surface area contributed by atoms with Gasteiger partial charge in [-0.05, 0) is 108 Å². The predicted molar refractivity (Wildman–Crippen MR) is 356 cm³/mol. The highest BCUT2D eigenvalue weighted by molar-refractivity contribution is 6.00. The fourth-order valence-electron chi connectivity index (χ4n) is 11.8. The lowest BCUT2D eigenvalue weighted by Crippen LogP contribution is -2.48. The number of fused-ring (bicyclic) bond motifs is 2. The number of piperazine rings is 2. The maximum Gasteiger partial charge on any atom is 0.305 e. The molecule has 0 bridgehead atoms. The molecule has 2 aliphatic carbocycles. The maximum absolute atomic E-state index is 13.4. The molecule has 0 aromatic carbocycles. The first-order valence-corrected chi connectivity index (χ1v) is 31.8. The van der Waals surface area contributed by atoms with Gasteiger partial charge < -0.3 is 45.6 Å². The van der Waals surface area contributed by atoms with E-state index in [-0.39, 0.29) is 110 Å². The number of ether oxygens (including phenoxy) is 1. The minimum absolute atomic E-state index is 0. The van der Waals surface area contributed by atoms with Gasteiger partial charge in [0.2, 0.25) is 29.6 Å². The Bertz CT molecular complexity index is 3790. The molecule has 31 heteroatoms. The van der Waals surface area contributed by atoms with Gasteiger partial charge >= 0.3 is 17.9 Å². The average molecular weight is 1330 g/mol. The van der Waals surface area contributed by atoms with E-state index < -0.39 is 23.8 Å². The second-order valence-corrected chi connectivity index (χ2v) is 23.4. The molecule has 9 N–H and O–H groups in total. The molecule has 8 heterocycles. The minimum atomic E-state index is -0.939. The fraction of sp³-hybridized carbons (Fsp3) is 0.508. The molecule has 2 saturated carbocycles. The van der Waals surface area contributed by atoms with Gasteiger partial charge in [0.1, 0.15) is 22.9 Å². The van der Waals surface area contributed by atoms with Crippen molar-refractivity contribution in [3.05, 3.63) is 92.0 Å². The van der Waals surface area contributed by atoms with Gasteiger partial charge in [0.25, 0.3) is 11.1 Å². The summed E-state index contributed by atoms with van der Waals surface area (Å²) in [5, 5.41) is 43.9. The quantitative estimate of drug-likeness (QED) is 0.0149. The van der Waals surface area contributed by atoms with Crippen LogP contribution in [0.15, 0.2) is 58.6 Å². The number of aryl methyl sites for hydroxylation is 2. The third kappa shape index (κ3) is 20.6. The number of carboxylic acid groups (broad SMARTS) is 2. The number of pyridine rings is 4. The number of hydrogen-bond acceptors (Lipinski definition) is 24. The van der Waals surface area contributed by atoms with Crippen LogP contribution in [0.25, 0.3) is 22.1 Å². The second kappa shape index (κ2) is 36.7. The molecule has 4 aliphatic rings. The van der Waals surface area contributed by atoms with Gasteiger partial charge in [-0.15, -0.1) is 0 Å². The summed E-state index contributed by atoms with van der Waals surface area (Å²) in [4.78, 5) is 149. The SMILES string of the molecule is C.CC(=O)c1c(C)c2cnc(Nc3ccc(N4CCN(C(=O)CCCC(=O)NO)CC4)cn3)nc2n(C2CCCC2)c1=O.CC(=O)c1c(C)c2cnc(Nc3ccc(N4CCNCC4)cn3)nc2n(C2CCCC2)c1=O.COC(=O)CCCC(=O)O.O=C(O)CCCC(=O)NO. The number of esters is 1. The van der Waals surface area contributed by atoms with Crippen molar-refractivity contribution < 1.29 is 63.7 Å². The van der Waals surface area contributed by atoms with E-state index in [9.17, 15) is 47.9 Å². The monoisotopic (exact) mass is 1330 g/mol. The van der Waals surface area contributed by atoms with E-state index >= 15 is 0 Å². The van der Waals surface area contributed by atoms with Gasteiger partial charge in [0.15, 0.2) is 11.6 Å². The minimum Gasteiger partial charge on any atom is -0.481 e. The summed E-state index contributed by atoms with van der Waals surface area (Å²) < 4.78 is 7.71. The van der Waals surface area contributed by atoms with Gasteiger partial charge in [0.05, 0.1) is 42.0 Å². The van der Waals surface area contributed by atoms with Crippen molar-refractivity contribution in [1.29, 1.82) is 0 Å². The van der Waals surface area contributed by atoms with Crippen LogP contribution in [0.1, 0.15) is 174 Å². The Hall–Kier alpha value is -9.88. The molecule has 0 radical (unpaired) electrons. The lowest BCUT2D eigenvalue weighted by molar-refractivity contribution is -0.141. The standard InChI is InChI=1S/C29H36N8O5.C24H29N7O2.C6H10O4.C5H9NO4.CH4/c1-18-22-17-31-29(33-27(22)37(20-6-3-4-7-20)28(41)26(18)19(2)38)32-23-11-10-21(16-30-23)35-12-14-36(15-13-35)25(40)9-5-8-24(39)34-42;1-15-19-14-27-24(28-20-8-7-18(13-26-20)30-11-9-25-10-12-30)29-22(19)31(17-5-3-4-6-17)23(33)21(15)16(2)32;1-10-6(9)4-2-3-5(7)8;7-4(6-10)2-1-3-5(8)9;/h10-11,16-17,20,42H,3-9,12-15H2,1-2H3,(H,34,39)(H,30,31,32,33);7-8,13-14,17,25H,3-6,9-12H2,1-2H3,(H,26,27,28,29);2-4H2,1H3,(H,7,8);10H,1-3H2,(H,6,7)(H,8,9);1H4. The van der Waals surface area contributed by atoms with Crippen molar-refractivity contribution in [3.8, 4) is 0 Å². The van der Waals surface area contributed by atoms with Crippen molar-refractivity contribution in [1.82, 2.24) is 60.2 Å². The normalized spacial score (nSPS) is 14.6. The number of carboxylic acids is 2. The van der Waals surface area contributed by atoms with Crippen molar-refractivity contribution in [3.63, 3.8) is 0 Å². The van der Waals surface area contributed by atoms with Gasteiger partial charge in [-0.1, -0.05) is 33.1 Å². The number of carbonyl (C=O) groups excluding carboxylic acids is 6. The predicted octanol–water partition coefficient (Wildman–Crippen LogP) is 6.64. The molecule has 0 atom stereocenters. The smallest absolute Gasteiger partial charge is 0.305 e. The lowest BCUT2D eigenvalue weighted by Gasteiger charge is -2.36. The molecule has 6 aromatic heterocycles. The zero-order chi connectivity index (χ0) is 68.7. The molecular formula is C65H88N16O15. The van der Waals surface area contributed by atoms with E-state index in [4.69, 9.17) is 30.6 Å². The zero-order valence-corrected chi connectivity index (χ0v) is 54.2. The van der Waals surface area contributed by atoms with Crippen LogP contribution in [0.3, 0.4) is 0 Å². The van der Waals surface area contributed by atoms with Crippen LogP contribution < -0.4 is 47.8 Å². The van der Waals surface area contributed by atoms with Crippen LogP contribution in [-0.2, 0) is 33.5 Å². The Morgan fingerprint density at radius 1 is 0.552 bits per heavy atom. The highest BCUT2D eigenvalue weighted by Gasteiger charge is 2.29. The van der Waals surface area contributed by atoms with Gasteiger partial charge in [-0.2, -0.15) is 9.97 Å². The zero-order valence-electron chi connectivity index (χ0n) is 54.2. The topological polar surface area (TPSA) is 418 Å². The van der Waals surface area contributed by atoms with Gasteiger partial charge in [-0.25, -0.2) is 30.9 Å². The number of hydroxylamine groups is 2. The molecule has 96 heavy (non-hydrogen) atoms. The number of anilines is 6. The van der Waals surface area contributed by atoms with Crippen LogP contribution in [0.2, 0.25) is 0 Å². The molecule has 10 rings (SSSR count). The Morgan fingerprint density at radius 2 is 0.958 bits per heavy atom. The Kier molecular flexibility index (Phi) is 28.7. The number of nitrogens with zero attached hydrogens (tertiary/aromatic N) is 11. The lowest BCUT2D eigenvalue weighted by atomic mass is 10.0. The molecule has 0 spiro atoms. The number of amides is 3. The fourth-order valence-corrected chi connectivity index (χ4v) is 11.8. The molecule has 4 fully saturated rings. The highest BCUT2D eigenvalue weighted by Crippen LogP contribution is 2.34. The summed E-state index contributed by atoms with van der Waals surface area (Å²) in [7, 11) is 1.28. The van der Waals surface area contributed by atoms with Crippen molar-refractivity contribution in [2.75, 3.05) is 79.9 Å². The van der Waals surface area contributed by atoms with E-state index in [0.717, 1.165) is 94.3 Å². The number of rotatable bonds is 22. The number of hydrogen-bond donors (Lipinski definition) is 9. The third-order valence-corrected chi connectivity index (χ3v) is 16.8. The summed E-state index contributed by atoms with van der Waals surface area (Å²) in [6.07, 6.45) is 16.3. The summed E-state index contributed by atoms with van der Waals surface area (Å²) in [5.41, 5.74) is 7.24. The number of ketones is 2. The van der Waals surface area contributed by atoms with E-state index in [0.29, 0.717) is 90.4 Å². The van der Waals surface area contributed by atoms with Crippen molar-refractivity contribution >= 4 is 104 Å². The Labute approximate surface area is 554 Å². The van der Waals surface area contributed by atoms with Crippen molar-refractivity contribution in [2.24, 2.45) is 0 Å². The van der Waals surface area contributed by atoms with E-state index in [1.165, 1.54) is 26.4 Å². The molecule has 31 nitrogen and oxygen atoms in total. The first-order valence-electron chi connectivity index (χ1n) is 31.8. The van der Waals surface area contributed by atoms with Crippen LogP contribution in [0.4, 0.5) is 34.9 Å². The number of aromatic nitrogens is 8. The highest BCUT2D eigenvalue weighted by atomic mass is 16.5. The van der Waals surface area contributed by atoms with E-state index in [1.807, 2.05) is 30.5 Å². The summed E-state index contributed by atoms with van der Waals surface area (Å²) in [6, 6.07) is 7.79. The summed E-state index contributed by atoms with van der Waals surface area (Å²) in [5.74, 6) is -1.83. The average Bonchev–Trinajstić information content (AvgIpc) is 1.08. The number of aliphatic carboxylic acids is 2. The molecule has 518 valence electrons.